The van der Waals surface area contributed by atoms with E-state index in [0.29, 0.717) is 0 Å². The second-order valence-electron chi connectivity index (χ2n) is 10.8. The van der Waals surface area contributed by atoms with Crippen LogP contribution in [0.2, 0.25) is 0 Å². The van der Waals surface area contributed by atoms with Gasteiger partial charge in [0.05, 0.1) is 22.3 Å². The van der Waals surface area contributed by atoms with Crippen molar-refractivity contribution < 1.29 is 77.0 Å². The summed E-state index contributed by atoms with van der Waals surface area (Å²) in [6, 6.07) is 5.73. The molecule has 1 fully saturated rings. The van der Waals surface area contributed by atoms with Crippen LogP contribution in [0.1, 0.15) is 22.3 Å². The summed E-state index contributed by atoms with van der Waals surface area (Å²) in [7, 11) is -1.51. The van der Waals surface area contributed by atoms with Gasteiger partial charge in [0.2, 0.25) is 5.78 Å². The van der Waals surface area contributed by atoms with Crippen LogP contribution in [0, 0.1) is 11.8 Å². The Bertz CT molecular complexity index is 1800. The first-order valence-electron chi connectivity index (χ1n) is 12.7. The molecule has 226 valence electrons. The number of hydrogen-bond acceptors (Lipinski definition) is 12. The zero-order chi connectivity index (χ0) is 31.8. The molecule has 14 nitrogen and oxygen atoms in total. The van der Waals surface area contributed by atoms with Crippen molar-refractivity contribution in [1.82, 2.24) is 4.90 Å². The van der Waals surface area contributed by atoms with Gasteiger partial charge >= 0.3 is 29.6 Å². The molecule has 17 heteroatoms. The summed E-state index contributed by atoms with van der Waals surface area (Å²) >= 11 is 6.75. The number of nitrogens with two attached hydrogens (primary N) is 1. The zero-order valence-electron chi connectivity index (χ0n) is 23.5. The molecule has 1 unspecified atom stereocenters. The summed E-state index contributed by atoms with van der Waals surface area (Å²) in [5, 5.41) is 43.7. The number of aliphatic hydroxyl groups excluding tert-OH is 1. The van der Waals surface area contributed by atoms with Crippen molar-refractivity contribution in [2.45, 2.75) is 34.3 Å². The SMILES string of the molecule is CN(C)[C@@H]1C(=O)C(C(N)=O)=C(O)[C@@]2(O)C(=O)C3(Cl)C(=O)c4c([O-])ccc(N=Nc5ccc(S(=O)(=O)O)cc5)c4C[C@H]3C[C@@H]12.[Na+]. The third kappa shape index (κ3) is 4.91. The Hall–Kier alpha value is -3.02. The molecule has 2 aromatic rings. The van der Waals surface area contributed by atoms with E-state index >= 15 is 0 Å². The van der Waals surface area contributed by atoms with Crippen LogP contribution < -0.4 is 40.4 Å². The molecule has 0 spiro atoms. The Morgan fingerprint density at radius 2 is 1.73 bits per heavy atom. The Morgan fingerprint density at radius 1 is 1.11 bits per heavy atom. The first kappa shape index (κ1) is 33.9. The standard InChI is InChI=1S/C27H25ClN4O10S.Na/c1-32(2)20-15-10-11-9-14-16(31-30-12-3-5-13(6-4-12)43(40,41)42)7-8-17(33)18(14)22(35)26(11,28)25(38)27(15,39)23(36)19(21(20)34)24(29)37;/h3-8,11,15,20,33,36,39H,9-10H2,1-2H3,(H2,29,37)(H,40,41,42);/q;+1/p-1/t11-,15-,20-,26?,27+;/m0./s1. The van der Waals surface area contributed by atoms with Gasteiger partial charge in [0, 0.05) is 11.5 Å². The van der Waals surface area contributed by atoms with E-state index in [4.69, 9.17) is 21.9 Å². The van der Waals surface area contributed by atoms with Crippen molar-refractivity contribution >= 4 is 56.4 Å². The largest absolute Gasteiger partial charge is 1.00 e. The Balaban J connectivity index is 0.00000442. The van der Waals surface area contributed by atoms with Crippen molar-refractivity contribution in [1.29, 1.82) is 0 Å². The topological polar surface area (TPSA) is 240 Å². The molecular formula is C27H24ClN4NaO10S. The van der Waals surface area contributed by atoms with E-state index in [1.165, 1.54) is 37.2 Å². The molecule has 5 atom stereocenters. The number of ketones is 3. The number of carbonyl (C=O) groups excluding carboxylic acids is 4. The maximum Gasteiger partial charge on any atom is 1.00 e. The van der Waals surface area contributed by atoms with E-state index in [0.717, 1.165) is 18.2 Å². The molecule has 1 amide bonds. The molecule has 0 heterocycles. The second-order valence-corrected chi connectivity index (χ2v) is 12.9. The molecule has 0 radical (unpaired) electrons. The molecule has 2 aromatic carbocycles. The van der Waals surface area contributed by atoms with Gasteiger partial charge < -0.3 is 21.1 Å². The predicted octanol–water partition coefficient (Wildman–Crippen LogP) is -2.11. The monoisotopic (exact) mass is 654 g/mol. The molecule has 44 heavy (non-hydrogen) atoms. The fourth-order valence-electron chi connectivity index (χ4n) is 6.28. The Labute approximate surface area is 277 Å². The number of fused-ring (bicyclic) bond motifs is 3. The molecular weight excluding hydrogens is 631 g/mol. The third-order valence-corrected chi connectivity index (χ3v) is 9.80. The maximum absolute atomic E-state index is 14.0. The van der Waals surface area contributed by atoms with E-state index in [9.17, 15) is 42.9 Å². The molecule has 3 aliphatic rings. The second kappa shape index (κ2) is 11.4. The normalized spacial score (nSPS) is 28.4. The van der Waals surface area contributed by atoms with Gasteiger partial charge in [-0.15, -0.1) is 11.6 Å². The van der Waals surface area contributed by atoms with E-state index in [-0.39, 0.29) is 64.2 Å². The van der Waals surface area contributed by atoms with Crippen LogP contribution in [0.5, 0.6) is 5.75 Å². The number of likely N-dealkylation sites (N-methyl/N-ethyl adjacent to an activating group) is 1. The summed E-state index contributed by atoms with van der Waals surface area (Å²) in [5.74, 6) is -9.36. The smallest absolute Gasteiger partial charge is 0.872 e. The van der Waals surface area contributed by atoms with E-state index < -0.39 is 84.4 Å². The van der Waals surface area contributed by atoms with Crippen LogP contribution in [0.15, 0.2) is 62.9 Å². The van der Waals surface area contributed by atoms with Crippen molar-refractivity contribution in [3.05, 3.63) is 58.9 Å². The van der Waals surface area contributed by atoms with Crippen molar-refractivity contribution in [3.63, 3.8) is 0 Å². The summed E-state index contributed by atoms with van der Waals surface area (Å²) in [4.78, 5) is 51.7. The maximum atomic E-state index is 14.0. The number of rotatable bonds is 5. The van der Waals surface area contributed by atoms with Gasteiger partial charge in [-0.3, -0.25) is 28.6 Å². The first-order valence-corrected chi connectivity index (χ1v) is 14.5. The van der Waals surface area contributed by atoms with Crippen molar-refractivity contribution in [2.75, 3.05) is 14.1 Å². The zero-order valence-corrected chi connectivity index (χ0v) is 27.1. The number of benzene rings is 2. The molecule has 3 aliphatic carbocycles. The van der Waals surface area contributed by atoms with Crippen LogP contribution in [0.4, 0.5) is 11.4 Å². The Kier molecular flexibility index (Phi) is 8.78. The average Bonchev–Trinajstić information content (AvgIpc) is 2.92. The fraction of sp³-hybridized carbons (Fsp3) is 0.333. The summed E-state index contributed by atoms with van der Waals surface area (Å²) in [5.41, 5.74) is 1.25. The number of nitrogens with zero attached hydrogens (tertiary/aromatic N) is 3. The van der Waals surface area contributed by atoms with Crippen molar-refractivity contribution in [2.24, 2.45) is 27.8 Å². The van der Waals surface area contributed by atoms with Gasteiger partial charge in [-0.25, -0.2) is 0 Å². The Morgan fingerprint density at radius 3 is 2.27 bits per heavy atom. The summed E-state index contributed by atoms with van der Waals surface area (Å²) in [6.07, 6.45) is -0.450. The minimum Gasteiger partial charge on any atom is -0.872 e. The molecule has 1 saturated carbocycles. The van der Waals surface area contributed by atoms with Crippen molar-refractivity contribution in [3.8, 4) is 5.75 Å². The number of alkyl halides is 1. The van der Waals surface area contributed by atoms with Crippen LogP contribution in [-0.4, -0.2) is 82.0 Å². The molecule has 0 saturated heterocycles. The van der Waals surface area contributed by atoms with Crippen LogP contribution in [-0.2, 0) is 30.9 Å². The molecule has 0 aliphatic heterocycles. The molecule has 5 N–H and O–H groups in total. The van der Waals surface area contributed by atoms with Crippen LogP contribution in [0.25, 0.3) is 0 Å². The molecule has 5 rings (SSSR count). The third-order valence-electron chi connectivity index (χ3n) is 8.28. The number of primary amides is 1. The number of Topliss-reactive ketones (excluding diaryl/α,β-unsaturated/α-hetero) is 3. The van der Waals surface area contributed by atoms with Gasteiger partial charge in [0.25, 0.3) is 16.0 Å². The molecule has 0 bridgehead atoms. The van der Waals surface area contributed by atoms with Gasteiger partial charge in [0.15, 0.2) is 22.0 Å². The van der Waals surface area contributed by atoms with Gasteiger partial charge in [-0.05, 0) is 68.8 Å². The summed E-state index contributed by atoms with van der Waals surface area (Å²) in [6.45, 7) is 0. The van der Waals surface area contributed by atoms with Gasteiger partial charge in [0.1, 0.15) is 11.3 Å². The number of aliphatic hydroxyl groups is 2. The van der Waals surface area contributed by atoms with Gasteiger partial charge in [-0.2, -0.15) is 18.6 Å². The summed E-state index contributed by atoms with van der Waals surface area (Å²) < 4.78 is 31.7. The van der Waals surface area contributed by atoms with Crippen LogP contribution in [0.3, 0.4) is 0 Å². The number of carbonyl (C=O) groups is 4. The predicted molar refractivity (Wildman–Crippen MR) is 146 cm³/mol. The number of hydrogen-bond donors (Lipinski definition) is 4. The quantitative estimate of drug-likeness (QED) is 0.0679. The number of amides is 1. The number of azo groups is 1. The molecule has 0 aromatic heterocycles. The minimum atomic E-state index is -4.44. The van der Waals surface area contributed by atoms with E-state index in [1.807, 2.05) is 0 Å². The van der Waals surface area contributed by atoms with Crippen LogP contribution >= 0.6 is 11.6 Å². The first-order chi connectivity index (χ1) is 19.9. The van der Waals surface area contributed by atoms with Gasteiger partial charge in [-0.1, -0.05) is 11.8 Å². The number of halogens is 1. The fourth-order valence-corrected chi connectivity index (χ4v) is 7.17. The van der Waals surface area contributed by atoms with E-state index in [2.05, 4.69) is 10.2 Å². The minimum absolute atomic E-state index is 0. The average molecular weight is 655 g/mol. The van der Waals surface area contributed by atoms with E-state index in [1.54, 1.807) is 0 Å².